The highest BCUT2D eigenvalue weighted by Gasteiger charge is 2.24. The van der Waals surface area contributed by atoms with Crippen LogP contribution in [0, 0.1) is 5.92 Å². The van der Waals surface area contributed by atoms with Gasteiger partial charge in [0.25, 0.3) is 5.78 Å². The third kappa shape index (κ3) is 2.96. The Morgan fingerprint density at radius 1 is 1.26 bits per heavy atom. The molecule has 1 saturated heterocycles. The maximum absolute atomic E-state index is 6.03. The molecule has 118 valence electrons. The number of benzene rings is 1. The van der Waals surface area contributed by atoms with Crippen molar-refractivity contribution in [1.82, 2.24) is 19.6 Å². The van der Waals surface area contributed by atoms with E-state index in [2.05, 4.69) is 50.3 Å². The fourth-order valence-electron chi connectivity index (χ4n) is 2.89. The number of nitrogen functional groups attached to an aromatic ring is 1. The van der Waals surface area contributed by atoms with Crippen LogP contribution in [0.5, 0.6) is 0 Å². The van der Waals surface area contributed by atoms with Gasteiger partial charge in [-0.25, -0.2) is 0 Å². The SMILES string of the molecule is Nc1cc(N2CCC(CSc3ccccc3)C2)nc2ncnn12. The predicted octanol–water partition coefficient (Wildman–Crippen LogP) is 2.33. The molecule has 1 aromatic carbocycles. The van der Waals surface area contributed by atoms with Gasteiger partial charge in [0, 0.05) is 29.8 Å². The van der Waals surface area contributed by atoms with E-state index in [0.717, 1.165) is 24.7 Å². The Labute approximate surface area is 138 Å². The van der Waals surface area contributed by atoms with E-state index in [0.29, 0.717) is 17.5 Å². The molecule has 23 heavy (non-hydrogen) atoms. The summed E-state index contributed by atoms with van der Waals surface area (Å²) in [6.07, 6.45) is 2.66. The molecule has 0 bridgehead atoms. The zero-order valence-corrected chi connectivity index (χ0v) is 13.5. The molecule has 0 amide bonds. The zero-order valence-electron chi connectivity index (χ0n) is 12.7. The van der Waals surface area contributed by atoms with Gasteiger partial charge in [-0.05, 0) is 24.5 Å². The number of rotatable bonds is 4. The van der Waals surface area contributed by atoms with Gasteiger partial charge in [0.2, 0.25) is 0 Å². The van der Waals surface area contributed by atoms with Crippen molar-refractivity contribution >= 4 is 29.2 Å². The minimum atomic E-state index is 0.558. The van der Waals surface area contributed by atoms with Gasteiger partial charge in [-0.1, -0.05) is 18.2 Å². The number of hydrogen-bond acceptors (Lipinski definition) is 6. The highest BCUT2D eigenvalue weighted by Crippen LogP contribution is 2.28. The van der Waals surface area contributed by atoms with Crippen molar-refractivity contribution in [3.05, 3.63) is 42.7 Å². The molecule has 1 atom stereocenters. The Balaban J connectivity index is 1.43. The molecule has 0 saturated carbocycles. The number of thioether (sulfide) groups is 1. The van der Waals surface area contributed by atoms with Crippen LogP contribution in [0.25, 0.3) is 5.78 Å². The van der Waals surface area contributed by atoms with Gasteiger partial charge in [-0.2, -0.15) is 19.6 Å². The summed E-state index contributed by atoms with van der Waals surface area (Å²) in [7, 11) is 0. The highest BCUT2D eigenvalue weighted by molar-refractivity contribution is 7.99. The summed E-state index contributed by atoms with van der Waals surface area (Å²) in [5.74, 6) is 3.82. The lowest BCUT2D eigenvalue weighted by molar-refractivity contribution is 0.670. The van der Waals surface area contributed by atoms with Crippen LogP contribution in [0.3, 0.4) is 0 Å². The minimum Gasteiger partial charge on any atom is -0.383 e. The summed E-state index contributed by atoms with van der Waals surface area (Å²) in [4.78, 5) is 12.3. The molecule has 1 fully saturated rings. The van der Waals surface area contributed by atoms with Crippen LogP contribution in [0.15, 0.2) is 47.6 Å². The number of hydrogen-bond donors (Lipinski definition) is 1. The molecular formula is C16H18N6S. The largest absolute Gasteiger partial charge is 0.383 e. The van der Waals surface area contributed by atoms with E-state index >= 15 is 0 Å². The second-order valence-corrected chi connectivity index (χ2v) is 6.83. The summed E-state index contributed by atoms with van der Waals surface area (Å²) in [6, 6.07) is 12.4. The van der Waals surface area contributed by atoms with Crippen LogP contribution in [0.1, 0.15) is 6.42 Å². The number of aromatic nitrogens is 4. The molecule has 2 aromatic heterocycles. The number of nitrogens with two attached hydrogens (primary N) is 1. The number of nitrogens with zero attached hydrogens (tertiary/aromatic N) is 5. The van der Waals surface area contributed by atoms with E-state index in [1.54, 1.807) is 4.52 Å². The molecule has 0 aliphatic carbocycles. The van der Waals surface area contributed by atoms with E-state index in [-0.39, 0.29) is 0 Å². The van der Waals surface area contributed by atoms with Crippen molar-refractivity contribution in [3.8, 4) is 0 Å². The molecule has 0 radical (unpaired) electrons. The van der Waals surface area contributed by atoms with Crippen LogP contribution in [-0.2, 0) is 0 Å². The maximum atomic E-state index is 6.03. The van der Waals surface area contributed by atoms with Gasteiger partial charge in [0.15, 0.2) is 0 Å². The standard InChI is InChI=1S/C16H18N6S/c17-14-8-15(20-16-18-11-19-22(14)16)21-7-6-12(9-21)10-23-13-4-2-1-3-5-13/h1-5,8,11-12H,6-7,9-10,17H2. The topological polar surface area (TPSA) is 72.3 Å². The average Bonchev–Trinajstić information content (AvgIpc) is 3.23. The molecule has 0 spiro atoms. The fourth-order valence-corrected chi connectivity index (χ4v) is 3.94. The summed E-state index contributed by atoms with van der Waals surface area (Å²) in [5.41, 5.74) is 6.03. The van der Waals surface area contributed by atoms with Crippen LogP contribution in [-0.4, -0.2) is 38.4 Å². The second kappa shape index (κ2) is 6.08. The summed E-state index contributed by atoms with van der Waals surface area (Å²) >= 11 is 1.92. The van der Waals surface area contributed by atoms with Gasteiger partial charge >= 0.3 is 0 Å². The molecule has 1 aliphatic rings. The Morgan fingerprint density at radius 2 is 2.13 bits per heavy atom. The van der Waals surface area contributed by atoms with Crippen molar-refractivity contribution in [2.24, 2.45) is 5.92 Å². The summed E-state index contributed by atoms with van der Waals surface area (Å²) < 4.78 is 1.56. The quantitative estimate of drug-likeness (QED) is 0.742. The van der Waals surface area contributed by atoms with Gasteiger partial charge in [0.1, 0.15) is 18.0 Å². The highest BCUT2D eigenvalue weighted by atomic mass is 32.2. The molecule has 1 aliphatic heterocycles. The molecule has 4 rings (SSSR count). The van der Waals surface area contributed by atoms with Gasteiger partial charge in [-0.3, -0.25) is 0 Å². The third-order valence-electron chi connectivity index (χ3n) is 4.10. The van der Waals surface area contributed by atoms with Crippen molar-refractivity contribution in [1.29, 1.82) is 0 Å². The maximum Gasteiger partial charge on any atom is 0.256 e. The van der Waals surface area contributed by atoms with Crippen molar-refractivity contribution < 1.29 is 0 Å². The lowest BCUT2D eigenvalue weighted by Crippen LogP contribution is -2.22. The van der Waals surface area contributed by atoms with Crippen LogP contribution >= 0.6 is 11.8 Å². The third-order valence-corrected chi connectivity index (χ3v) is 5.35. The monoisotopic (exact) mass is 326 g/mol. The average molecular weight is 326 g/mol. The van der Waals surface area contributed by atoms with E-state index in [1.165, 1.54) is 17.6 Å². The molecule has 6 nitrogen and oxygen atoms in total. The normalized spacial score (nSPS) is 17.9. The van der Waals surface area contributed by atoms with Crippen molar-refractivity contribution in [3.63, 3.8) is 0 Å². The zero-order chi connectivity index (χ0) is 15.6. The smallest absolute Gasteiger partial charge is 0.256 e. The fraction of sp³-hybridized carbons (Fsp3) is 0.312. The second-order valence-electron chi connectivity index (χ2n) is 5.74. The van der Waals surface area contributed by atoms with Gasteiger partial charge < -0.3 is 10.6 Å². The summed E-state index contributed by atoms with van der Waals surface area (Å²) in [5, 5.41) is 4.06. The van der Waals surface area contributed by atoms with E-state index in [1.807, 2.05) is 17.8 Å². The van der Waals surface area contributed by atoms with Crippen LogP contribution in [0.2, 0.25) is 0 Å². The first-order chi connectivity index (χ1) is 11.3. The first-order valence-electron chi connectivity index (χ1n) is 7.68. The molecule has 7 heteroatoms. The van der Waals surface area contributed by atoms with E-state index in [9.17, 15) is 0 Å². The Hall–Kier alpha value is -2.28. The predicted molar refractivity (Wildman–Crippen MR) is 92.7 cm³/mol. The number of anilines is 2. The van der Waals surface area contributed by atoms with Gasteiger partial charge in [-0.15, -0.1) is 11.8 Å². The Kier molecular flexibility index (Phi) is 3.78. The van der Waals surface area contributed by atoms with E-state index in [4.69, 9.17) is 5.73 Å². The number of fused-ring (bicyclic) bond motifs is 1. The van der Waals surface area contributed by atoms with Gasteiger partial charge in [0.05, 0.1) is 0 Å². The van der Waals surface area contributed by atoms with Crippen LogP contribution in [0.4, 0.5) is 11.6 Å². The first kappa shape index (κ1) is 14.3. The Morgan fingerprint density at radius 3 is 3.00 bits per heavy atom. The first-order valence-corrected chi connectivity index (χ1v) is 8.67. The molecule has 2 N–H and O–H groups in total. The lowest BCUT2D eigenvalue weighted by Gasteiger charge is -2.18. The van der Waals surface area contributed by atoms with Crippen molar-refractivity contribution in [2.75, 3.05) is 29.5 Å². The molecule has 3 heterocycles. The molecular weight excluding hydrogens is 308 g/mol. The summed E-state index contributed by atoms with van der Waals surface area (Å²) in [6.45, 7) is 2.02. The van der Waals surface area contributed by atoms with E-state index < -0.39 is 0 Å². The molecule has 3 aromatic rings. The Bertz CT molecular complexity index is 803. The van der Waals surface area contributed by atoms with Crippen LogP contribution < -0.4 is 10.6 Å². The van der Waals surface area contributed by atoms with Crippen molar-refractivity contribution in [2.45, 2.75) is 11.3 Å². The minimum absolute atomic E-state index is 0.558. The molecule has 1 unspecified atom stereocenters. The lowest BCUT2D eigenvalue weighted by atomic mass is 10.2.